The van der Waals surface area contributed by atoms with E-state index < -0.39 is 0 Å². The van der Waals surface area contributed by atoms with Gasteiger partial charge in [-0.1, -0.05) is 12.1 Å². The number of hydrogen-bond acceptors (Lipinski definition) is 4. The van der Waals surface area contributed by atoms with Gasteiger partial charge in [0, 0.05) is 26.1 Å². The number of piperidine rings is 1. The van der Waals surface area contributed by atoms with Crippen molar-refractivity contribution in [2.75, 3.05) is 32.8 Å². The van der Waals surface area contributed by atoms with E-state index in [1.807, 2.05) is 36.1 Å². The second-order valence-electron chi connectivity index (χ2n) is 7.82. The summed E-state index contributed by atoms with van der Waals surface area (Å²) in [4.78, 5) is 26.8. The molecule has 2 saturated heterocycles. The Balaban J connectivity index is 0.00000300. The molecular formula is C22H34ClN3O3. The molecule has 2 aliphatic rings. The Morgan fingerprint density at radius 2 is 2.00 bits per heavy atom. The molecule has 2 heterocycles. The van der Waals surface area contributed by atoms with E-state index in [1.54, 1.807) is 0 Å². The highest BCUT2D eigenvalue weighted by molar-refractivity contribution is 5.85. The number of nitrogens with zero attached hydrogens (tertiary/aromatic N) is 1. The lowest BCUT2D eigenvalue weighted by Gasteiger charge is -2.33. The van der Waals surface area contributed by atoms with Gasteiger partial charge in [0.2, 0.25) is 11.8 Å². The topological polar surface area (TPSA) is 70.7 Å². The van der Waals surface area contributed by atoms with E-state index in [1.165, 1.54) is 0 Å². The molecule has 1 aromatic carbocycles. The van der Waals surface area contributed by atoms with Crippen LogP contribution in [0.1, 0.15) is 44.6 Å². The molecule has 2 aliphatic heterocycles. The molecule has 2 amide bonds. The second kappa shape index (κ2) is 12.0. The van der Waals surface area contributed by atoms with Crippen LogP contribution < -0.4 is 15.4 Å². The first-order valence-electron chi connectivity index (χ1n) is 10.7. The minimum atomic E-state index is -0.0320. The van der Waals surface area contributed by atoms with Crippen molar-refractivity contribution in [3.8, 4) is 5.75 Å². The highest BCUT2D eigenvalue weighted by atomic mass is 35.5. The van der Waals surface area contributed by atoms with Gasteiger partial charge in [-0.25, -0.2) is 0 Å². The van der Waals surface area contributed by atoms with Gasteiger partial charge in [0.25, 0.3) is 0 Å². The molecule has 2 fully saturated rings. The second-order valence-corrected chi connectivity index (χ2v) is 7.82. The van der Waals surface area contributed by atoms with E-state index in [4.69, 9.17) is 4.74 Å². The number of carbonyl (C=O) groups is 2. The molecule has 162 valence electrons. The summed E-state index contributed by atoms with van der Waals surface area (Å²) in [6, 6.07) is 7.95. The van der Waals surface area contributed by atoms with Crippen molar-refractivity contribution >= 4 is 24.2 Å². The number of amides is 2. The maximum Gasteiger partial charge on any atom is 0.237 e. The standard InChI is InChI=1S/C22H33N3O3.ClH/c1-2-28-19-10-7-17(8-11-19)9-12-21(26)25-14-4-5-18(16-25)15-24-22(27)20-6-3-13-23-20;/h7-8,10-11,18,20,23H,2-6,9,12-16H2,1H3,(H,24,27);1H. The van der Waals surface area contributed by atoms with Crippen molar-refractivity contribution in [2.24, 2.45) is 5.92 Å². The molecule has 6 nitrogen and oxygen atoms in total. The first kappa shape index (κ1) is 23.5. The number of hydrogen-bond donors (Lipinski definition) is 2. The molecule has 29 heavy (non-hydrogen) atoms. The predicted octanol–water partition coefficient (Wildman–Crippen LogP) is 2.55. The van der Waals surface area contributed by atoms with Crippen LogP contribution in [0.3, 0.4) is 0 Å². The summed E-state index contributed by atoms with van der Waals surface area (Å²) in [6.07, 6.45) is 5.35. The molecule has 0 aliphatic carbocycles. The third-order valence-electron chi connectivity index (χ3n) is 5.68. The minimum absolute atomic E-state index is 0. The van der Waals surface area contributed by atoms with E-state index in [2.05, 4.69) is 10.6 Å². The molecule has 0 radical (unpaired) electrons. The number of aryl methyl sites for hydroxylation is 1. The van der Waals surface area contributed by atoms with Crippen LogP contribution in [0.4, 0.5) is 0 Å². The van der Waals surface area contributed by atoms with Crippen molar-refractivity contribution in [1.82, 2.24) is 15.5 Å². The van der Waals surface area contributed by atoms with Gasteiger partial charge in [-0.15, -0.1) is 12.4 Å². The molecule has 2 N–H and O–H groups in total. The molecular weight excluding hydrogens is 390 g/mol. The summed E-state index contributed by atoms with van der Waals surface area (Å²) >= 11 is 0. The average Bonchev–Trinajstić information content (AvgIpc) is 3.27. The van der Waals surface area contributed by atoms with Gasteiger partial charge in [-0.05, 0) is 69.2 Å². The fourth-order valence-electron chi connectivity index (χ4n) is 4.06. The molecule has 7 heteroatoms. The third-order valence-corrected chi connectivity index (χ3v) is 5.68. The van der Waals surface area contributed by atoms with E-state index in [0.717, 1.165) is 63.1 Å². The molecule has 3 rings (SSSR count). The van der Waals surface area contributed by atoms with Crippen LogP contribution in [0.5, 0.6) is 5.75 Å². The number of nitrogens with one attached hydrogen (secondary N) is 2. The van der Waals surface area contributed by atoms with Crippen LogP contribution >= 0.6 is 12.4 Å². The fraction of sp³-hybridized carbons (Fsp3) is 0.636. The number of likely N-dealkylation sites (tertiary alicyclic amines) is 1. The van der Waals surface area contributed by atoms with Gasteiger partial charge in [-0.3, -0.25) is 9.59 Å². The summed E-state index contributed by atoms with van der Waals surface area (Å²) in [5.41, 5.74) is 1.15. The first-order chi connectivity index (χ1) is 13.7. The molecule has 2 unspecified atom stereocenters. The zero-order valence-electron chi connectivity index (χ0n) is 17.3. The van der Waals surface area contributed by atoms with Crippen molar-refractivity contribution in [3.05, 3.63) is 29.8 Å². The lowest BCUT2D eigenvalue weighted by Crippen LogP contribution is -2.46. The van der Waals surface area contributed by atoms with Gasteiger partial charge < -0.3 is 20.3 Å². The van der Waals surface area contributed by atoms with Crippen molar-refractivity contribution in [3.63, 3.8) is 0 Å². The Kier molecular flexibility index (Phi) is 9.74. The van der Waals surface area contributed by atoms with Crippen LogP contribution in [0.2, 0.25) is 0 Å². The number of rotatable bonds is 8. The van der Waals surface area contributed by atoms with Gasteiger partial charge in [0.1, 0.15) is 5.75 Å². The SMILES string of the molecule is CCOc1ccc(CCC(=O)N2CCCC(CNC(=O)C3CCCN3)C2)cc1.Cl. The zero-order chi connectivity index (χ0) is 19.8. The smallest absolute Gasteiger partial charge is 0.237 e. The maximum absolute atomic E-state index is 12.6. The van der Waals surface area contributed by atoms with Gasteiger partial charge in [-0.2, -0.15) is 0 Å². The summed E-state index contributed by atoms with van der Waals surface area (Å²) in [7, 11) is 0. The van der Waals surface area contributed by atoms with Gasteiger partial charge in [0.15, 0.2) is 0 Å². The van der Waals surface area contributed by atoms with E-state index in [0.29, 0.717) is 25.5 Å². The fourth-order valence-corrected chi connectivity index (χ4v) is 4.06. The van der Waals surface area contributed by atoms with Crippen molar-refractivity contribution in [1.29, 1.82) is 0 Å². The largest absolute Gasteiger partial charge is 0.494 e. The van der Waals surface area contributed by atoms with Crippen LogP contribution in [0, 0.1) is 5.92 Å². The van der Waals surface area contributed by atoms with E-state index >= 15 is 0 Å². The van der Waals surface area contributed by atoms with Gasteiger partial charge >= 0.3 is 0 Å². The molecule has 2 atom stereocenters. The van der Waals surface area contributed by atoms with E-state index in [-0.39, 0.29) is 30.3 Å². The van der Waals surface area contributed by atoms with E-state index in [9.17, 15) is 9.59 Å². The van der Waals surface area contributed by atoms with Crippen molar-refractivity contribution < 1.29 is 14.3 Å². The molecule has 0 spiro atoms. The Morgan fingerprint density at radius 1 is 1.21 bits per heavy atom. The molecule has 0 saturated carbocycles. The summed E-state index contributed by atoms with van der Waals surface area (Å²) in [5.74, 6) is 1.54. The number of benzene rings is 1. The Morgan fingerprint density at radius 3 is 2.69 bits per heavy atom. The van der Waals surface area contributed by atoms with Crippen LogP contribution in [0.15, 0.2) is 24.3 Å². The lowest BCUT2D eigenvalue weighted by molar-refractivity contribution is -0.132. The Bertz CT molecular complexity index is 647. The van der Waals surface area contributed by atoms with Crippen LogP contribution in [-0.4, -0.2) is 55.5 Å². The third kappa shape index (κ3) is 7.19. The Labute approximate surface area is 180 Å². The highest BCUT2D eigenvalue weighted by Gasteiger charge is 2.26. The quantitative estimate of drug-likeness (QED) is 0.674. The lowest BCUT2D eigenvalue weighted by atomic mass is 9.97. The normalized spacial score (nSPS) is 21.3. The summed E-state index contributed by atoms with van der Waals surface area (Å²) in [5, 5.41) is 6.31. The van der Waals surface area contributed by atoms with Crippen LogP contribution in [-0.2, 0) is 16.0 Å². The molecule has 1 aromatic rings. The predicted molar refractivity (Wildman–Crippen MR) is 117 cm³/mol. The summed E-state index contributed by atoms with van der Waals surface area (Å²) < 4.78 is 5.46. The van der Waals surface area contributed by atoms with Crippen molar-refractivity contribution in [2.45, 2.75) is 51.5 Å². The van der Waals surface area contributed by atoms with Crippen LogP contribution in [0.25, 0.3) is 0 Å². The maximum atomic E-state index is 12.6. The average molecular weight is 424 g/mol. The first-order valence-corrected chi connectivity index (χ1v) is 10.7. The molecule has 0 bridgehead atoms. The minimum Gasteiger partial charge on any atom is -0.494 e. The highest BCUT2D eigenvalue weighted by Crippen LogP contribution is 2.18. The number of ether oxygens (including phenoxy) is 1. The monoisotopic (exact) mass is 423 g/mol. The summed E-state index contributed by atoms with van der Waals surface area (Å²) in [6.45, 7) is 5.80. The number of carbonyl (C=O) groups excluding carboxylic acids is 2. The molecule has 0 aromatic heterocycles. The number of halogens is 1. The van der Waals surface area contributed by atoms with Gasteiger partial charge in [0.05, 0.1) is 12.6 Å². The Hall–Kier alpha value is -1.79. The zero-order valence-corrected chi connectivity index (χ0v) is 18.1.